The molecule has 21 heavy (non-hydrogen) atoms. The molecule has 1 fully saturated rings. The molecule has 1 saturated carbocycles. The minimum atomic E-state index is -4.43. The van der Waals surface area contributed by atoms with Crippen molar-refractivity contribution < 1.29 is 17.9 Å². The minimum absolute atomic E-state index is 0.164. The molecule has 1 aromatic rings. The van der Waals surface area contributed by atoms with Gasteiger partial charge in [0.15, 0.2) is 5.69 Å². The molecule has 120 valence electrons. The molecule has 0 saturated heterocycles. The maximum Gasteiger partial charge on any atom is 0.434 e. The van der Waals surface area contributed by atoms with Crippen LogP contribution in [0.3, 0.4) is 0 Å². The van der Waals surface area contributed by atoms with E-state index in [1.165, 1.54) is 7.11 Å². The van der Waals surface area contributed by atoms with Gasteiger partial charge in [-0.2, -0.15) is 13.2 Å². The number of thiazole rings is 1. The fourth-order valence-corrected chi connectivity index (χ4v) is 3.27. The van der Waals surface area contributed by atoms with E-state index in [2.05, 4.69) is 10.3 Å². The van der Waals surface area contributed by atoms with E-state index in [4.69, 9.17) is 4.74 Å². The number of alkyl halides is 3. The molecular weight excluding hydrogens is 301 g/mol. The van der Waals surface area contributed by atoms with Gasteiger partial charge in [0.05, 0.1) is 4.88 Å². The Balaban J connectivity index is 2.26. The molecule has 1 atom stereocenters. The predicted octanol–water partition coefficient (Wildman–Crippen LogP) is 4.15. The van der Waals surface area contributed by atoms with Crippen LogP contribution in [0.1, 0.15) is 55.3 Å². The first kappa shape index (κ1) is 16.7. The summed E-state index contributed by atoms with van der Waals surface area (Å²) in [5.74, 6) is 0.311. The quantitative estimate of drug-likeness (QED) is 0.884. The molecule has 1 N–H and O–H groups in total. The van der Waals surface area contributed by atoms with Gasteiger partial charge in [-0.25, -0.2) is 4.98 Å². The van der Waals surface area contributed by atoms with Crippen molar-refractivity contribution >= 4 is 11.3 Å². The second kappa shape index (κ2) is 5.85. The van der Waals surface area contributed by atoms with E-state index in [0.717, 1.165) is 24.2 Å². The Morgan fingerprint density at radius 3 is 2.38 bits per heavy atom. The van der Waals surface area contributed by atoms with Gasteiger partial charge < -0.3 is 10.1 Å². The van der Waals surface area contributed by atoms with Crippen molar-refractivity contribution in [2.75, 3.05) is 7.11 Å². The maximum atomic E-state index is 13.1. The maximum absolute atomic E-state index is 13.1. The molecule has 3 nitrogen and oxygen atoms in total. The number of halogens is 3. The highest BCUT2D eigenvalue weighted by atomic mass is 32.1. The Kier molecular flexibility index (Phi) is 4.66. The van der Waals surface area contributed by atoms with Crippen molar-refractivity contribution in [3.63, 3.8) is 0 Å². The van der Waals surface area contributed by atoms with Gasteiger partial charge in [-0.15, -0.1) is 11.3 Å². The third-order valence-corrected chi connectivity index (χ3v) is 4.43. The molecule has 1 aliphatic carbocycles. The first-order valence-electron chi connectivity index (χ1n) is 6.96. The van der Waals surface area contributed by atoms with Crippen LogP contribution in [-0.4, -0.2) is 17.6 Å². The van der Waals surface area contributed by atoms with Crippen molar-refractivity contribution in [1.29, 1.82) is 0 Å². The number of methoxy groups -OCH3 is 1. The van der Waals surface area contributed by atoms with Crippen LogP contribution in [0.2, 0.25) is 0 Å². The summed E-state index contributed by atoms with van der Waals surface area (Å²) in [6.45, 7) is 5.93. The molecule has 0 bridgehead atoms. The predicted molar refractivity (Wildman–Crippen MR) is 76.2 cm³/mol. The molecule has 1 aromatic heterocycles. The number of hydrogen-bond donors (Lipinski definition) is 1. The SMILES string of the molecule is COC(c1nc(C(F)(F)F)c(CNC(C)(C)C)s1)C1CC1. The summed E-state index contributed by atoms with van der Waals surface area (Å²) < 4.78 is 44.8. The fraction of sp³-hybridized carbons (Fsp3) is 0.786. The lowest BCUT2D eigenvalue weighted by molar-refractivity contribution is -0.141. The third kappa shape index (κ3) is 4.40. The Morgan fingerprint density at radius 1 is 1.33 bits per heavy atom. The highest BCUT2D eigenvalue weighted by Gasteiger charge is 2.41. The number of hydrogen-bond acceptors (Lipinski definition) is 4. The topological polar surface area (TPSA) is 34.1 Å². The third-order valence-electron chi connectivity index (χ3n) is 3.31. The van der Waals surface area contributed by atoms with E-state index < -0.39 is 11.9 Å². The van der Waals surface area contributed by atoms with E-state index in [9.17, 15) is 13.2 Å². The summed E-state index contributed by atoms with van der Waals surface area (Å²) in [5.41, 5.74) is -1.02. The van der Waals surface area contributed by atoms with Crippen LogP contribution in [0, 0.1) is 5.92 Å². The Labute approximate surface area is 126 Å². The average Bonchev–Trinajstić information content (AvgIpc) is 3.04. The first-order valence-corrected chi connectivity index (χ1v) is 7.78. The van der Waals surface area contributed by atoms with Crippen molar-refractivity contribution in [1.82, 2.24) is 10.3 Å². The molecular formula is C14H21F3N2OS. The van der Waals surface area contributed by atoms with Crippen molar-refractivity contribution in [2.24, 2.45) is 5.92 Å². The zero-order chi connectivity index (χ0) is 15.8. The number of nitrogens with one attached hydrogen (secondary N) is 1. The first-order chi connectivity index (χ1) is 9.62. The highest BCUT2D eigenvalue weighted by molar-refractivity contribution is 7.11. The van der Waals surface area contributed by atoms with Gasteiger partial charge in [0, 0.05) is 19.2 Å². The Morgan fingerprint density at radius 2 is 1.95 bits per heavy atom. The van der Waals surface area contributed by atoms with Crippen LogP contribution in [0.5, 0.6) is 0 Å². The lowest BCUT2D eigenvalue weighted by atomic mass is 10.1. The van der Waals surface area contributed by atoms with Crippen molar-refractivity contribution in [3.8, 4) is 0 Å². The summed E-state index contributed by atoms with van der Waals surface area (Å²) in [6, 6.07) is 0. The number of ether oxygens (including phenoxy) is 1. The largest absolute Gasteiger partial charge is 0.434 e. The Hall–Kier alpha value is -0.660. The second-order valence-corrected chi connectivity index (χ2v) is 7.53. The molecule has 1 aliphatic rings. The summed E-state index contributed by atoms with van der Waals surface area (Å²) in [4.78, 5) is 4.07. The van der Waals surface area contributed by atoms with Crippen LogP contribution in [-0.2, 0) is 17.5 Å². The van der Waals surface area contributed by atoms with E-state index in [1.54, 1.807) is 0 Å². The number of aromatic nitrogens is 1. The van der Waals surface area contributed by atoms with Crippen LogP contribution in [0.4, 0.5) is 13.2 Å². The average molecular weight is 322 g/mol. The zero-order valence-corrected chi connectivity index (χ0v) is 13.5. The number of nitrogens with zero attached hydrogens (tertiary/aromatic N) is 1. The van der Waals surface area contributed by atoms with Crippen LogP contribution in [0.15, 0.2) is 0 Å². The van der Waals surface area contributed by atoms with E-state index >= 15 is 0 Å². The lowest BCUT2D eigenvalue weighted by Crippen LogP contribution is -2.35. The lowest BCUT2D eigenvalue weighted by Gasteiger charge is -2.20. The molecule has 0 radical (unpaired) electrons. The molecule has 2 rings (SSSR count). The molecule has 0 amide bonds. The molecule has 1 heterocycles. The van der Waals surface area contributed by atoms with Crippen molar-refractivity contribution in [3.05, 3.63) is 15.6 Å². The van der Waals surface area contributed by atoms with Gasteiger partial charge in [-0.3, -0.25) is 0 Å². The Bertz CT molecular complexity index is 489. The van der Waals surface area contributed by atoms with Crippen LogP contribution < -0.4 is 5.32 Å². The van der Waals surface area contributed by atoms with Gasteiger partial charge in [-0.05, 0) is 39.5 Å². The smallest absolute Gasteiger partial charge is 0.374 e. The van der Waals surface area contributed by atoms with Gasteiger partial charge in [0.2, 0.25) is 0 Å². The normalized spacial score (nSPS) is 18.0. The molecule has 0 aliphatic heterocycles. The van der Waals surface area contributed by atoms with E-state index in [0.29, 0.717) is 10.9 Å². The number of rotatable bonds is 5. The van der Waals surface area contributed by atoms with Gasteiger partial charge in [-0.1, -0.05) is 0 Å². The second-order valence-electron chi connectivity index (χ2n) is 6.42. The fourth-order valence-electron chi connectivity index (χ4n) is 2.07. The standard InChI is InChI=1S/C14H21F3N2OS/c1-13(2,3)18-7-9-11(14(15,16)17)19-12(21-9)10(20-4)8-5-6-8/h8,10,18H,5-7H2,1-4H3. The molecule has 0 aromatic carbocycles. The van der Waals surface area contributed by atoms with Gasteiger partial charge >= 0.3 is 6.18 Å². The zero-order valence-electron chi connectivity index (χ0n) is 12.7. The van der Waals surface area contributed by atoms with Gasteiger partial charge in [0.25, 0.3) is 0 Å². The minimum Gasteiger partial charge on any atom is -0.374 e. The summed E-state index contributed by atoms with van der Waals surface area (Å²) in [6.07, 6.45) is -2.74. The van der Waals surface area contributed by atoms with Crippen LogP contribution in [0.25, 0.3) is 0 Å². The van der Waals surface area contributed by atoms with E-state index in [-0.39, 0.29) is 23.1 Å². The molecule has 0 spiro atoms. The van der Waals surface area contributed by atoms with E-state index in [1.807, 2.05) is 20.8 Å². The molecule has 7 heteroatoms. The van der Waals surface area contributed by atoms with Crippen LogP contribution >= 0.6 is 11.3 Å². The van der Waals surface area contributed by atoms with Gasteiger partial charge in [0.1, 0.15) is 11.1 Å². The monoisotopic (exact) mass is 322 g/mol. The summed E-state index contributed by atoms with van der Waals surface area (Å²) in [7, 11) is 1.53. The highest BCUT2D eigenvalue weighted by Crippen LogP contribution is 2.46. The van der Waals surface area contributed by atoms with Crippen molar-refractivity contribution in [2.45, 2.75) is 58.0 Å². The summed E-state index contributed by atoms with van der Waals surface area (Å²) >= 11 is 1.11. The molecule has 1 unspecified atom stereocenters. The summed E-state index contributed by atoms with van der Waals surface area (Å²) in [5, 5.41) is 3.54.